The highest BCUT2D eigenvalue weighted by Gasteiger charge is 2.38. The lowest BCUT2D eigenvalue weighted by Crippen LogP contribution is -2.41. The van der Waals surface area contributed by atoms with E-state index >= 15 is 0 Å². The van der Waals surface area contributed by atoms with Crippen molar-refractivity contribution in [3.8, 4) is 0 Å². The quantitative estimate of drug-likeness (QED) is 0.514. The molecule has 0 bridgehead atoms. The number of anilines is 1. The maximum Gasteiger partial charge on any atom is 0.268 e. The van der Waals surface area contributed by atoms with Gasteiger partial charge in [0, 0.05) is 18.2 Å². The first-order valence-corrected chi connectivity index (χ1v) is 10.0. The number of thiophene rings is 1. The minimum Gasteiger partial charge on any atom is -0.467 e. The van der Waals surface area contributed by atoms with Crippen molar-refractivity contribution in [2.75, 3.05) is 12.4 Å². The van der Waals surface area contributed by atoms with Crippen molar-refractivity contribution < 1.29 is 18.4 Å². The van der Waals surface area contributed by atoms with Crippen molar-refractivity contribution in [3.63, 3.8) is 0 Å². The Kier molecular flexibility index (Phi) is 4.37. The predicted octanol–water partition coefficient (Wildman–Crippen LogP) is 4.70. The van der Waals surface area contributed by atoms with E-state index in [2.05, 4.69) is 10.3 Å². The fourth-order valence-electron chi connectivity index (χ4n) is 3.74. The van der Waals surface area contributed by atoms with Gasteiger partial charge in [-0.25, -0.2) is 4.98 Å². The van der Waals surface area contributed by atoms with Gasteiger partial charge in [0.15, 0.2) is 6.17 Å². The fraction of sp³-hybridized carbons (Fsp3) is 0.238. The molecule has 0 spiro atoms. The highest BCUT2D eigenvalue weighted by molar-refractivity contribution is 7.21. The Labute approximate surface area is 170 Å². The van der Waals surface area contributed by atoms with Crippen LogP contribution in [0, 0.1) is 6.92 Å². The Bertz CT molecular complexity index is 1160. The molecule has 1 amide bonds. The molecule has 0 radical (unpaired) electrons. The zero-order valence-electron chi connectivity index (χ0n) is 16.0. The number of rotatable bonds is 5. The summed E-state index contributed by atoms with van der Waals surface area (Å²) in [5.41, 5.74) is 2.68. The fourth-order valence-corrected chi connectivity index (χ4v) is 4.92. The number of nitrogens with zero attached hydrogens (tertiary/aromatic N) is 2. The molecule has 0 unspecified atom stereocenters. The summed E-state index contributed by atoms with van der Waals surface area (Å²) in [6.45, 7) is 2.72. The summed E-state index contributed by atoms with van der Waals surface area (Å²) >= 11 is 1.40. The maximum atomic E-state index is 13.5. The van der Waals surface area contributed by atoms with Crippen LogP contribution in [-0.2, 0) is 17.9 Å². The van der Waals surface area contributed by atoms with Crippen molar-refractivity contribution >= 4 is 33.1 Å². The molecule has 148 valence electrons. The molecular weight excluding hydrogens is 390 g/mol. The third-order valence-corrected chi connectivity index (χ3v) is 6.01. The van der Waals surface area contributed by atoms with Crippen molar-refractivity contribution in [2.24, 2.45) is 0 Å². The zero-order chi connectivity index (χ0) is 20.0. The van der Waals surface area contributed by atoms with E-state index in [0.717, 1.165) is 27.2 Å². The molecule has 8 heteroatoms. The lowest BCUT2D eigenvalue weighted by Gasteiger charge is -2.35. The van der Waals surface area contributed by atoms with Crippen LogP contribution in [0.2, 0.25) is 0 Å². The van der Waals surface area contributed by atoms with Crippen molar-refractivity contribution in [1.82, 2.24) is 9.88 Å². The second kappa shape index (κ2) is 7.06. The number of hydrogen-bond donors (Lipinski definition) is 1. The van der Waals surface area contributed by atoms with Crippen LogP contribution in [0.4, 0.5) is 5.69 Å². The molecule has 0 aromatic carbocycles. The van der Waals surface area contributed by atoms with E-state index in [1.165, 1.54) is 11.3 Å². The molecule has 1 atom stereocenters. The molecule has 5 rings (SSSR count). The Morgan fingerprint density at radius 3 is 2.83 bits per heavy atom. The van der Waals surface area contributed by atoms with Crippen LogP contribution in [0.25, 0.3) is 10.2 Å². The van der Waals surface area contributed by atoms with Gasteiger partial charge in [0.25, 0.3) is 5.91 Å². The van der Waals surface area contributed by atoms with E-state index in [9.17, 15) is 4.79 Å². The molecule has 0 saturated heterocycles. The number of furan rings is 2. The smallest absolute Gasteiger partial charge is 0.268 e. The number of carbonyl (C=O) groups is 1. The second-order valence-electron chi connectivity index (χ2n) is 6.92. The van der Waals surface area contributed by atoms with Crippen molar-refractivity contribution in [3.05, 3.63) is 70.5 Å². The van der Waals surface area contributed by atoms with Crippen LogP contribution >= 0.6 is 11.3 Å². The third-order valence-electron chi connectivity index (χ3n) is 4.94. The van der Waals surface area contributed by atoms with Gasteiger partial charge >= 0.3 is 0 Å². The lowest BCUT2D eigenvalue weighted by molar-refractivity contribution is 0.0635. The lowest BCUT2D eigenvalue weighted by atomic mass is 10.1. The number of fused-ring (bicyclic) bond motifs is 3. The van der Waals surface area contributed by atoms with Gasteiger partial charge in [-0.15, -0.1) is 11.3 Å². The Balaban J connectivity index is 1.67. The number of methoxy groups -OCH3 is 1. The van der Waals surface area contributed by atoms with E-state index in [4.69, 9.17) is 13.6 Å². The SMILES string of the molecule is COCc1cc(C)nc2sc3c(c12)N[C@@H](c1ccco1)N(Cc1ccco1)C3=O. The zero-order valence-corrected chi connectivity index (χ0v) is 16.8. The molecule has 0 fully saturated rings. The molecular formula is C21H19N3O4S. The summed E-state index contributed by atoms with van der Waals surface area (Å²) in [7, 11) is 1.66. The van der Waals surface area contributed by atoms with Crippen LogP contribution in [0.3, 0.4) is 0 Å². The summed E-state index contributed by atoms with van der Waals surface area (Å²) in [6, 6.07) is 9.34. The second-order valence-corrected chi connectivity index (χ2v) is 7.92. The number of carbonyl (C=O) groups excluding carboxylic acids is 1. The first-order valence-electron chi connectivity index (χ1n) is 9.21. The van der Waals surface area contributed by atoms with Crippen LogP contribution < -0.4 is 5.32 Å². The molecule has 5 heterocycles. The van der Waals surface area contributed by atoms with Crippen LogP contribution in [0.15, 0.2) is 51.7 Å². The summed E-state index contributed by atoms with van der Waals surface area (Å²) in [6.07, 6.45) is 2.76. The van der Waals surface area contributed by atoms with Gasteiger partial charge in [0.1, 0.15) is 21.2 Å². The molecule has 1 aliphatic rings. The van der Waals surface area contributed by atoms with Gasteiger partial charge in [-0.05, 0) is 42.8 Å². The molecule has 4 aromatic rings. The van der Waals surface area contributed by atoms with Crippen LogP contribution in [0.5, 0.6) is 0 Å². The molecule has 1 aliphatic heterocycles. The monoisotopic (exact) mass is 409 g/mol. The largest absolute Gasteiger partial charge is 0.467 e. The number of nitrogens with one attached hydrogen (secondary N) is 1. The standard InChI is InChI=1S/C21H19N3O4S/c1-12-9-13(11-26-2)16-17-18(29-20(16)22-12)21(25)24(10-14-5-3-7-27-14)19(23-17)15-6-4-8-28-15/h3-9,19,23H,10-11H2,1-2H3/t19-/m1/s1. The minimum absolute atomic E-state index is 0.0828. The molecule has 0 aliphatic carbocycles. The average Bonchev–Trinajstić information content (AvgIpc) is 3.44. The molecule has 4 aromatic heterocycles. The van der Waals surface area contributed by atoms with Crippen LogP contribution in [0.1, 0.15) is 38.6 Å². The van der Waals surface area contributed by atoms with Gasteiger partial charge in [-0.2, -0.15) is 0 Å². The first kappa shape index (κ1) is 18.0. The Hall–Kier alpha value is -3.10. The number of ether oxygens (including phenoxy) is 1. The summed E-state index contributed by atoms with van der Waals surface area (Å²) in [5, 5.41) is 4.45. The Morgan fingerprint density at radius 2 is 2.10 bits per heavy atom. The topological polar surface area (TPSA) is 80.7 Å². The van der Waals surface area contributed by atoms with Gasteiger partial charge in [-0.3, -0.25) is 4.79 Å². The highest BCUT2D eigenvalue weighted by atomic mass is 32.1. The van der Waals surface area contributed by atoms with Crippen molar-refractivity contribution in [1.29, 1.82) is 0 Å². The number of hydrogen-bond acceptors (Lipinski definition) is 7. The highest BCUT2D eigenvalue weighted by Crippen LogP contribution is 2.44. The Morgan fingerprint density at radius 1 is 1.28 bits per heavy atom. The third kappa shape index (κ3) is 3.01. The summed E-state index contributed by atoms with van der Waals surface area (Å²) in [5.74, 6) is 1.28. The van der Waals surface area contributed by atoms with E-state index < -0.39 is 6.17 Å². The van der Waals surface area contributed by atoms with E-state index in [-0.39, 0.29) is 5.91 Å². The molecule has 7 nitrogen and oxygen atoms in total. The van der Waals surface area contributed by atoms with E-state index in [1.807, 2.05) is 37.3 Å². The van der Waals surface area contributed by atoms with E-state index in [1.54, 1.807) is 24.5 Å². The summed E-state index contributed by atoms with van der Waals surface area (Å²) in [4.78, 5) is 21.4. The molecule has 0 saturated carbocycles. The first-order chi connectivity index (χ1) is 14.2. The van der Waals surface area contributed by atoms with Gasteiger partial charge < -0.3 is 23.8 Å². The molecule has 1 N–H and O–H groups in total. The van der Waals surface area contributed by atoms with Crippen LogP contribution in [-0.4, -0.2) is 22.9 Å². The number of aromatic nitrogens is 1. The normalized spacial score (nSPS) is 16.3. The van der Waals surface area contributed by atoms with E-state index in [0.29, 0.717) is 29.5 Å². The predicted molar refractivity (Wildman–Crippen MR) is 109 cm³/mol. The van der Waals surface area contributed by atoms with Crippen molar-refractivity contribution in [2.45, 2.75) is 26.2 Å². The number of amides is 1. The number of pyridine rings is 1. The average molecular weight is 409 g/mol. The van der Waals surface area contributed by atoms with Gasteiger partial charge in [-0.1, -0.05) is 0 Å². The summed E-state index contributed by atoms with van der Waals surface area (Å²) < 4.78 is 16.5. The minimum atomic E-state index is -0.454. The number of aryl methyl sites for hydroxylation is 1. The maximum absolute atomic E-state index is 13.5. The molecule has 29 heavy (non-hydrogen) atoms. The van der Waals surface area contributed by atoms with Gasteiger partial charge in [0.05, 0.1) is 31.4 Å². The van der Waals surface area contributed by atoms with Gasteiger partial charge in [0.2, 0.25) is 0 Å².